The summed E-state index contributed by atoms with van der Waals surface area (Å²) < 4.78 is 0. The fraction of sp³-hybridized carbons (Fsp3) is 1.00. The molecular weight excluding hydrogens is 208 g/mol. The summed E-state index contributed by atoms with van der Waals surface area (Å²) in [5.41, 5.74) is 12.2. The molecule has 0 aromatic heterocycles. The van der Waals surface area contributed by atoms with Crippen LogP contribution in [0.15, 0.2) is 0 Å². The highest BCUT2D eigenvalue weighted by molar-refractivity contribution is 4.85. The molecule has 0 saturated heterocycles. The number of nitrogens with two attached hydrogens (primary N) is 2. The smallest absolute Gasteiger partial charge is 0.00645 e. The average molecular weight is 238 g/mol. The summed E-state index contributed by atoms with van der Waals surface area (Å²) in [5.74, 6) is 2.78. The van der Waals surface area contributed by atoms with Gasteiger partial charge in [0.05, 0.1) is 0 Å². The van der Waals surface area contributed by atoms with Crippen molar-refractivity contribution in [3.8, 4) is 0 Å². The van der Waals surface area contributed by atoms with Crippen LogP contribution in [0.2, 0.25) is 0 Å². The number of hydrogen-bond donors (Lipinski definition) is 2. The minimum atomic E-state index is 0.454. The van der Waals surface area contributed by atoms with E-state index >= 15 is 0 Å². The molecule has 1 unspecified atom stereocenters. The zero-order valence-corrected chi connectivity index (χ0v) is 11.4. The molecule has 0 aliphatic heterocycles. The zero-order valence-electron chi connectivity index (χ0n) is 11.4. The Hall–Kier alpha value is -0.0800. The van der Waals surface area contributed by atoms with E-state index in [0.717, 1.165) is 24.2 Å². The van der Waals surface area contributed by atoms with Crippen LogP contribution in [-0.4, -0.2) is 12.1 Å². The molecule has 2 nitrogen and oxygen atoms in total. The first kappa shape index (κ1) is 13.4. The molecular formula is C15H30N2. The van der Waals surface area contributed by atoms with E-state index < -0.39 is 0 Å². The van der Waals surface area contributed by atoms with Crippen LogP contribution in [-0.2, 0) is 0 Å². The zero-order chi connectivity index (χ0) is 12.3. The van der Waals surface area contributed by atoms with Crippen LogP contribution < -0.4 is 11.5 Å². The highest BCUT2D eigenvalue weighted by Gasteiger charge is 2.31. The van der Waals surface area contributed by atoms with Crippen molar-refractivity contribution in [2.45, 2.75) is 76.8 Å². The van der Waals surface area contributed by atoms with Gasteiger partial charge in [0.25, 0.3) is 0 Å². The van der Waals surface area contributed by atoms with Gasteiger partial charge in [-0.05, 0) is 75.5 Å². The second kappa shape index (κ2) is 6.19. The lowest BCUT2D eigenvalue weighted by Gasteiger charge is -2.38. The van der Waals surface area contributed by atoms with Crippen LogP contribution in [0.1, 0.15) is 64.7 Å². The van der Waals surface area contributed by atoms with E-state index in [1.165, 1.54) is 51.4 Å². The molecule has 0 radical (unpaired) electrons. The molecule has 0 aromatic carbocycles. The summed E-state index contributed by atoms with van der Waals surface area (Å²) in [6, 6.07) is 0.951. The molecule has 1 atom stereocenters. The number of rotatable bonds is 3. The molecule has 2 saturated carbocycles. The van der Waals surface area contributed by atoms with Crippen molar-refractivity contribution in [2.24, 2.45) is 29.2 Å². The van der Waals surface area contributed by atoms with Gasteiger partial charge in [0.2, 0.25) is 0 Å². The van der Waals surface area contributed by atoms with Crippen LogP contribution in [0.5, 0.6) is 0 Å². The SMILES string of the molecule is CCC(N)C1CCC(C2CCC(N)CC2)CC1. The van der Waals surface area contributed by atoms with Crippen LogP contribution in [0, 0.1) is 17.8 Å². The van der Waals surface area contributed by atoms with Gasteiger partial charge in [-0.2, -0.15) is 0 Å². The Balaban J connectivity index is 1.75. The molecule has 0 aromatic rings. The van der Waals surface area contributed by atoms with Crippen LogP contribution in [0.25, 0.3) is 0 Å². The van der Waals surface area contributed by atoms with Gasteiger partial charge in [0.15, 0.2) is 0 Å². The lowest BCUT2D eigenvalue weighted by molar-refractivity contribution is 0.150. The van der Waals surface area contributed by atoms with E-state index in [4.69, 9.17) is 11.5 Å². The van der Waals surface area contributed by atoms with Gasteiger partial charge >= 0.3 is 0 Å². The summed E-state index contributed by atoms with van der Waals surface area (Å²) in [6.07, 6.45) is 12.1. The highest BCUT2D eigenvalue weighted by Crippen LogP contribution is 2.40. The Morgan fingerprint density at radius 2 is 1.35 bits per heavy atom. The van der Waals surface area contributed by atoms with E-state index in [0.29, 0.717) is 12.1 Å². The Morgan fingerprint density at radius 1 is 0.882 bits per heavy atom. The van der Waals surface area contributed by atoms with Crippen molar-refractivity contribution in [3.05, 3.63) is 0 Å². The van der Waals surface area contributed by atoms with Crippen molar-refractivity contribution in [1.29, 1.82) is 0 Å². The van der Waals surface area contributed by atoms with Gasteiger partial charge in [0.1, 0.15) is 0 Å². The molecule has 100 valence electrons. The van der Waals surface area contributed by atoms with E-state index in [2.05, 4.69) is 6.92 Å². The van der Waals surface area contributed by atoms with Crippen molar-refractivity contribution in [1.82, 2.24) is 0 Å². The topological polar surface area (TPSA) is 52.0 Å². The Bertz CT molecular complexity index is 213. The number of hydrogen-bond acceptors (Lipinski definition) is 2. The van der Waals surface area contributed by atoms with E-state index in [9.17, 15) is 0 Å². The minimum Gasteiger partial charge on any atom is -0.328 e. The molecule has 2 aliphatic rings. The second-order valence-electron chi connectivity index (χ2n) is 6.42. The first-order valence-corrected chi connectivity index (χ1v) is 7.71. The van der Waals surface area contributed by atoms with E-state index in [1.54, 1.807) is 0 Å². The molecule has 17 heavy (non-hydrogen) atoms. The normalized spacial score (nSPS) is 41.1. The average Bonchev–Trinajstić information content (AvgIpc) is 2.39. The fourth-order valence-electron chi connectivity index (χ4n) is 3.99. The summed E-state index contributed by atoms with van der Waals surface area (Å²) >= 11 is 0. The molecule has 4 N–H and O–H groups in total. The minimum absolute atomic E-state index is 0.454. The van der Waals surface area contributed by atoms with Gasteiger partial charge < -0.3 is 11.5 Å². The fourth-order valence-corrected chi connectivity index (χ4v) is 3.99. The predicted molar refractivity (Wildman–Crippen MR) is 73.6 cm³/mol. The summed E-state index contributed by atoms with van der Waals surface area (Å²) in [6.45, 7) is 2.22. The maximum atomic E-state index is 6.17. The van der Waals surface area contributed by atoms with Gasteiger partial charge in [-0.1, -0.05) is 6.92 Å². The first-order valence-electron chi connectivity index (χ1n) is 7.71. The summed E-state index contributed by atoms with van der Waals surface area (Å²) in [7, 11) is 0. The molecule has 0 spiro atoms. The maximum absolute atomic E-state index is 6.17. The maximum Gasteiger partial charge on any atom is 0.00645 e. The predicted octanol–water partition coefficient (Wildman–Crippen LogP) is 3.05. The molecule has 2 fully saturated rings. The monoisotopic (exact) mass is 238 g/mol. The van der Waals surface area contributed by atoms with Crippen molar-refractivity contribution in [2.75, 3.05) is 0 Å². The second-order valence-corrected chi connectivity index (χ2v) is 6.42. The molecule has 0 bridgehead atoms. The van der Waals surface area contributed by atoms with Crippen molar-refractivity contribution >= 4 is 0 Å². The lowest BCUT2D eigenvalue weighted by Crippen LogP contribution is -2.35. The van der Waals surface area contributed by atoms with E-state index in [-0.39, 0.29) is 0 Å². The summed E-state index contributed by atoms with van der Waals surface area (Å²) in [4.78, 5) is 0. The van der Waals surface area contributed by atoms with Gasteiger partial charge in [-0.15, -0.1) is 0 Å². The third-order valence-corrected chi connectivity index (χ3v) is 5.38. The Labute approximate surface area is 107 Å². The molecule has 2 aliphatic carbocycles. The first-order chi connectivity index (χ1) is 8.20. The molecule has 2 heteroatoms. The lowest BCUT2D eigenvalue weighted by atomic mass is 9.69. The largest absolute Gasteiger partial charge is 0.328 e. The van der Waals surface area contributed by atoms with Gasteiger partial charge in [-0.3, -0.25) is 0 Å². The van der Waals surface area contributed by atoms with Crippen molar-refractivity contribution < 1.29 is 0 Å². The third-order valence-electron chi connectivity index (χ3n) is 5.38. The van der Waals surface area contributed by atoms with Crippen LogP contribution >= 0.6 is 0 Å². The Kier molecular flexibility index (Phi) is 4.87. The van der Waals surface area contributed by atoms with Gasteiger partial charge in [-0.25, -0.2) is 0 Å². The standard InChI is InChI=1S/C15H30N2/c1-2-15(17)13-5-3-11(4-6-13)12-7-9-14(16)10-8-12/h11-15H,2-10,16-17H2,1H3. The molecule has 0 amide bonds. The third kappa shape index (κ3) is 3.45. The molecule has 0 heterocycles. The van der Waals surface area contributed by atoms with Crippen LogP contribution in [0.3, 0.4) is 0 Å². The van der Waals surface area contributed by atoms with E-state index in [1.807, 2.05) is 0 Å². The van der Waals surface area contributed by atoms with Crippen LogP contribution in [0.4, 0.5) is 0 Å². The van der Waals surface area contributed by atoms with Crippen molar-refractivity contribution in [3.63, 3.8) is 0 Å². The summed E-state index contributed by atoms with van der Waals surface area (Å²) in [5, 5.41) is 0. The Morgan fingerprint density at radius 3 is 1.82 bits per heavy atom. The molecule has 2 rings (SSSR count). The highest BCUT2D eigenvalue weighted by atomic mass is 14.7. The quantitative estimate of drug-likeness (QED) is 0.794. The van der Waals surface area contributed by atoms with Gasteiger partial charge in [0, 0.05) is 12.1 Å².